The number of anilines is 1. The highest BCUT2D eigenvalue weighted by molar-refractivity contribution is 7.90. The molecule has 0 atom stereocenters. The highest BCUT2D eigenvalue weighted by atomic mass is 32.2. The predicted molar refractivity (Wildman–Crippen MR) is 103 cm³/mol. The molecule has 0 unspecified atom stereocenters. The van der Waals surface area contributed by atoms with Crippen LogP contribution in [0.4, 0.5) is 10.6 Å². The summed E-state index contributed by atoms with van der Waals surface area (Å²) >= 11 is 0. The summed E-state index contributed by atoms with van der Waals surface area (Å²) in [6.45, 7) is 6.04. The third-order valence-corrected chi connectivity index (χ3v) is 6.68. The number of hydrogen-bond donors (Lipinski definition) is 1. The zero-order chi connectivity index (χ0) is 19.4. The lowest BCUT2D eigenvalue weighted by Crippen LogP contribution is -2.47. The minimum absolute atomic E-state index is 0.249. The fourth-order valence-electron chi connectivity index (χ4n) is 3.76. The molecule has 1 aromatic rings. The van der Waals surface area contributed by atoms with E-state index in [0.29, 0.717) is 19.0 Å². The van der Waals surface area contributed by atoms with Crippen molar-refractivity contribution in [3.63, 3.8) is 0 Å². The third-order valence-electron chi connectivity index (χ3n) is 5.58. The topological polar surface area (TPSA) is 94.1 Å². The third kappa shape index (κ3) is 5.32. The second kappa shape index (κ2) is 8.43. The first kappa shape index (κ1) is 19.9. The van der Waals surface area contributed by atoms with Crippen LogP contribution in [0, 0.1) is 5.92 Å². The van der Waals surface area contributed by atoms with Crippen molar-refractivity contribution in [3.05, 3.63) is 18.3 Å². The number of piperidine rings is 1. The second-order valence-corrected chi connectivity index (χ2v) is 9.47. The first-order valence-corrected chi connectivity index (χ1v) is 11.3. The Morgan fingerprint density at radius 1 is 1.15 bits per heavy atom. The van der Waals surface area contributed by atoms with Crippen molar-refractivity contribution in [1.29, 1.82) is 0 Å². The number of likely N-dealkylation sites (tertiary alicyclic amines) is 1. The van der Waals surface area contributed by atoms with E-state index in [1.165, 1.54) is 17.4 Å². The summed E-state index contributed by atoms with van der Waals surface area (Å²) in [5, 5.41) is 9.01. The van der Waals surface area contributed by atoms with Gasteiger partial charge in [0.05, 0.1) is 4.90 Å². The summed E-state index contributed by atoms with van der Waals surface area (Å²) in [5.41, 5.74) is 0. The van der Waals surface area contributed by atoms with Gasteiger partial charge in [-0.25, -0.2) is 18.2 Å². The Bertz CT molecular complexity index is 737. The summed E-state index contributed by atoms with van der Waals surface area (Å²) in [5.74, 6) is 1.44. The molecule has 0 saturated carbocycles. The van der Waals surface area contributed by atoms with Crippen molar-refractivity contribution >= 4 is 21.7 Å². The lowest BCUT2D eigenvalue weighted by Gasteiger charge is -2.37. The van der Waals surface area contributed by atoms with Crippen LogP contribution in [-0.4, -0.2) is 86.5 Å². The van der Waals surface area contributed by atoms with Gasteiger partial charge in [0, 0.05) is 51.7 Å². The highest BCUT2D eigenvalue weighted by Gasteiger charge is 2.24. The van der Waals surface area contributed by atoms with E-state index in [-0.39, 0.29) is 4.90 Å². The molecule has 8 nitrogen and oxygen atoms in total. The molecule has 0 spiro atoms. The van der Waals surface area contributed by atoms with Crippen molar-refractivity contribution in [3.8, 4) is 0 Å². The molecule has 0 aromatic carbocycles. The van der Waals surface area contributed by atoms with Gasteiger partial charge in [-0.2, -0.15) is 0 Å². The Labute approximate surface area is 160 Å². The van der Waals surface area contributed by atoms with Gasteiger partial charge in [-0.15, -0.1) is 0 Å². The minimum Gasteiger partial charge on any atom is -0.465 e. The maximum atomic E-state index is 11.5. The van der Waals surface area contributed by atoms with Gasteiger partial charge >= 0.3 is 6.09 Å². The summed E-state index contributed by atoms with van der Waals surface area (Å²) in [7, 11) is -3.21. The summed E-state index contributed by atoms with van der Waals surface area (Å²) < 4.78 is 23.1. The van der Waals surface area contributed by atoms with Crippen LogP contribution in [0.5, 0.6) is 0 Å². The summed E-state index contributed by atoms with van der Waals surface area (Å²) in [6.07, 6.45) is 4.86. The van der Waals surface area contributed by atoms with Crippen molar-refractivity contribution in [2.24, 2.45) is 5.92 Å². The quantitative estimate of drug-likeness (QED) is 0.804. The molecule has 2 aliphatic heterocycles. The van der Waals surface area contributed by atoms with Crippen LogP contribution >= 0.6 is 0 Å². The SMILES string of the molecule is CS(=O)(=O)c1ccc(N2CCN(CCC3CCN(C(=O)O)CC3)CC2)nc1. The fourth-order valence-corrected chi connectivity index (χ4v) is 4.32. The largest absolute Gasteiger partial charge is 0.465 e. The second-order valence-electron chi connectivity index (χ2n) is 7.45. The molecule has 3 rings (SSSR count). The fraction of sp³-hybridized carbons (Fsp3) is 0.667. The first-order valence-electron chi connectivity index (χ1n) is 9.44. The molecule has 27 heavy (non-hydrogen) atoms. The molecule has 0 aliphatic carbocycles. The van der Waals surface area contributed by atoms with Crippen LogP contribution in [0.3, 0.4) is 0 Å². The van der Waals surface area contributed by atoms with Gasteiger partial charge in [0.2, 0.25) is 0 Å². The number of carboxylic acid groups (broad SMARTS) is 1. The molecule has 1 N–H and O–H groups in total. The number of hydrogen-bond acceptors (Lipinski definition) is 6. The number of carbonyl (C=O) groups is 1. The van der Waals surface area contributed by atoms with Crippen LogP contribution in [-0.2, 0) is 9.84 Å². The van der Waals surface area contributed by atoms with E-state index in [1.807, 2.05) is 0 Å². The molecule has 2 saturated heterocycles. The number of piperazine rings is 1. The number of pyridine rings is 1. The van der Waals surface area contributed by atoms with Crippen LogP contribution < -0.4 is 4.90 Å². The normalized spacial score (nSPS) is 20.0. The standard InChI is InChI=1S/C18H28N4O4S/c1-27(25,26)16-2-3-17(19-14-16)21-12-10-20(11-13-21)7-4-15-5-8-22(9-6-15)18(23)24/h2-3,14-15H,4-13H2,1H3,(H,23,24). The van der Waals surface area contributed by atoms with Crippen molar-refractivity contribution in [2.45, 2.75) is 24.2 Å². The molecule has 2 fully saturated rings. The maximum Gasteiger partial charge on any atom is 0.407 e. The number of sulfone groups is 1. The van der Waals surface area contributed by atoms with Gasteiger partial charge in [-0.3, -0.25) is 4.90 Å². The van der Waals surface area contributed by atoms with E-state index in [9.17, 15) is 13.2 Å². The number of amides is 1. The Hall–Kier alpha value is -1.87. The molecular formula is C18H28N4O4S. The highest BCUT2D eigenvalue weighted by Crippen LogP contribution is 2.22. The van der Waals surface area contributed by atoms with Crippen LogP contribution in [0.25, 0.3) is 0 Å². The van der Waals surface area contributed by atoms with Crippen molar-refractivity contribution < 1.29 is 18.3 Å². The molecule has 3 heterocycles. The van der Waals surface area contributed by atoms with Gasteiger partial charge in [0.25, 0.3) is 0 Å². The Balaban J connectivity index is 1.41. The summed E-state index contributed by atoms with van der Waals surface area (Å²) in [4.78, 5) is 21.7. The average molecular weight is 397 g/mol. The molecule has 1 amide bonds. The Morgan fingerprint density at radius 3 is 2.33 bits per heavy atom. The summed E-state index contributed by atoms with van der Waals surface area (Å²) in [6, 6.07) is 3.40. The minimum atomic E-state index is -3.21. The van der Waals surface area contributed by atoms with E-state index >= 15 is 0 Å². The van der Waals surface area contributed by atoms with Crippen LogP contribution in [0.1, 0.15) is 19.3 Å². The Morgan fingerprint density at radius 2 is 1.81 bits per heavy atom. The first-order chi connectivity index (χ1) is 12.8. The van der Waals surface area contributed by atoms with Crippen molar-refractivity contribution in [2.75, 3.05) is 57.0 Å². The van der Waals surface area contributed by atoms with Crippen molar-refractivity contribution in [1.82, 2.24) is 14.8 Å². The monoisotopic (exact) mass is 396 g/mol. The van der Waals surface area contributed by atoms with Gasteiger partial charge in [-0.05, 0) is 43.9 Å². The van der Waals surface area contributed by atoms with Crippen LogP contribution in [0.15, 0.2) is 23.2 Å². The van der Waals surface area contributed by atoms with E-state index < -0.39 is 15.9 Å². The molecule has 150 valence electrons. The lowest BCUT2D eigenvalue weighted by atomic mass is 9.93. The molecule has 9 heteroatoms. The molecule has 0 radical (unpaired) electrons. The van der Waals surface area contributed by atoms with Gasteiger partial charge < -0.3 is 14.9 Å². The van der Waals surface area contributed by atoms with Gasteiger partial charge in [0.15, 0.2) is 9.84 Å². The van der Waals surface area contributed by atoms with E-state index in [1.54, 1.807) is 12.1 Å². The van der Waals surface area contributed by atoms with E-state index in [4.69, 9.17) is 5.11 Å². The number of rotatable bonds is 5. The zero-order valence-electron chi connectivity index (χ0n) is 15.7. The number of aromatic nitrogens is 1. The molecule has 2 aliphatic rings. The average Bonchev–Trinajstić information content (AvgIpc) is 2.66. The zero-order valence-corrected chi connectivity index (χ0v) is 16.6. The number of nitrogens with zero attached hydrogens (tertiary/aromatic N) is 4. The van der Waals surface area contributed by atoms with E-state index in [2.05, 4.69) is 14.8 Å². The van der Waals surface area contributed by atoms with Crippen LogP contribution in [0.2, 0.25) is 0 Å². The molecular weight excluding hydrogens is 368 g/mol. The van der Waals surface area contributed by atoms with Gasteiger partial charge in [0.1, 0.15) is 5.82 Å². The predicted octanol–water partition coefficient (Wildman–Crippen LogP) is 1.39. The molecule has 0 bridgehead atoms. The lowest BCUT2D eigenvalue weighted by molar-refractivity contribution is 0.119. The Kier molecular flexibility index (Phi) is 6.21. The molecule has 1 aromatic heterocycles. The smallest absolute Gasteiger partial charge is 0.407 e. The van der Waals surface area contributed by atoms with Gasteiger partial charge in [-0.1, -0.05) is 0 Å². The maximum absolute atomic E-state index is 11.5. The van der Waals surface area contributed by atoms with E-state index in [0.717, 1.165) is 57.8 Å².